The van der Waals surface area contributed by atoms with Gasteiger partial charge in [-0.15, -0.1) is 0 Å². The Hall–Kier alpha value is -1.84. The SMILES string of the molecule is CCCC(=O)NCC(=O)Nc1ccc(C(C)C)cc1. The zero-order chi connectivity index (χ0) is 14.3. The second kappa shape index (κ2) is 7.56. The van der Waals surface area contributed by atoms with E-state index < -0.39 is 0 Å². The molecule has 2 amide bonds. The van der Waals surface area contributed by atoms with Crippen LogP contribution < -0.4 is 10.6 Å². The molecule has 0 aliphatic heterocycles. The number of hydrogen-bond donors (Lipinski definition) is 2. The van der Waals surface area contributed by atoms with E-state index >= 15 is 0 Å². The van der Waals surface area contributed by atoms with Crippen molar-refractivity contribution in [3.05, 3.63) is 29.8 Å². The summed E-state index contributed by atoms with van der Waals surface area (Å²) in [6.45, 7) is 6.19. The molecule has 0 aliphatic carbocycles. The van der Waals surface area contributed by atoms with Crippen LogP contribution in [-0.2, 0) is 9.59 Å². The molecule has 0 unspecified atom stereocenters. The van der Waals surface area contributed by atoms with E-state index in [1.54, 1.807) is 0 Å². The molecule has 0 saturated heterocycles. The summed E-state index contributed by atoms with van der Waals surface area (Å²) in [6.07, 6.45) is 1.24. The molecule has 4 nitrogen and oxygen atoms in total. The Morgan fingerprint density at radius 3 is 2.26 bits per heavy atom. The van der Waals surface area contributed by atoms with Gasteiger partial charge in [-0.1, -0.05) is 32.9 Å². The molecule has 19 heavy (non-hydrogen) atoms. The van der Waals surface area contributed by atoms with Gasteiger partial charge < -0.3 is 10.6 Å². The summed E-state index contributed by atoms with van der Waals surface area (Å²) in [6, 6.07) is 7.74. The lowest BCUT2D eigenvalue weighted by Crippen LogP contribution is -2.32. The molecule has 0 heterocycles. The molecule has 1 aromatic carbocycles. The molecule has 0 spiro atoms. The van der Waals surface area contributed by atoms with Crippen LogP contribution in [0.4, 0.5) is 5.69 Å². The summed E-state index contributed by atoms with van der Waals surface area (Å²) < 4.78 is 0. The minimum Gasteiger partial charge on any atom is -0.347 e. The molecule has 104 valence electrons. The van der Waals surface area contributed by atoms with Crippen molar-refractivity contribution in [1.82, 2.24) is 5.32 Å². The highest BCUT2D eigenvalue weighted by Gasteiger charge is 2.05. The van der Waals surface area contributed by atoms with E-state index in [-0.39, 0.29) is 18.4 Å². The summed E-state index contributed by atoms with van der Waals surface area (Å²) >= 11 is 0. The van der Waals surface area contributed by atoms with Crippen molar-refractivity contribution in [3.8, 4) is 0 Å². The van der Waals surface area contributed by atoms with Crippen LogP contribution in [0.3, 0.4) is 0 Å². The van der Waals surface area contributed by atoms with Gasteiger partial charge in [-0.2, -0.15) is 0 Å². The Bertz CT molecular complexity index is 424. The largest absolute Gasteiger partial charge is 0.347 e. The number of hydrogen-bond acceptors (Lipinski definition) is 2. The van der Waals surface area contributed by atoms with Crippen molar-refractivity contribution >= 4 is 17.5 Å². The Kier molecular flexibility index (Phi) is 6.06. The van der Waals surface area contributed by atoms with E-state index in [1.165, 1.54) is 5.56 Å². The fourth-order valence-corrected chi connectivity index (χ4v) is 1.65. The lowest BCUT2D eigenvalue weighted by molar-refractivity contribution is -0.124. The third kappa shape index (κ3) is 5.55. The molecular weight excluding hydrogens is 240 g/mol. The second-order valence-electron chi connectivity index (χ2n) is 4.85. The zero-order valence-electron chi connectivity index (χ0n) is 11.8. The Labute approximate surface area is 114 Å². The molecule has 1 rings (SSSR count). The van der Waals surface area contributed by atoms with Gasteiger partial charge in [-0.3, -0.25) is 9.59 Å². The number of carbonyl (C=O) groups is 2. The Morgan fingerprint density at radius 2 is 1.74 bits per heavy atom. The van der Waals surface area contributed by atoms with Crippen LogP contribution in [-0.4, -0.2) is 18.4 Å². The maximum Gasteiger partial charge on any atom is 0.243 e. The minimum atomic E-state index is -0.207. The monoisotopic (exact) mass is 262 g/mol. The highest BCUT2D eigenvalue weighted by Crippen LogP contribution is 2.16. The average Bonchev–Trinajstić information content (AvgIpc) is 2.37. The van der Waals surface area contributed by atoms with E-state index in [4.69, 9.17) is 0 Å². The second-order valence-corrected chi connectivity index (χ2v) is 4.85. The summed E-state index contributed by atoms with van der Waals surface area (Å²) in [5, 5.41) is 5.33. The topological polar surface area (TPSA) is 58.2 Å². The summed E-state index contributed by atoms with van der Waals surface area (Å²) in [5.41, 5.74) is 1.98. The lowest BCUT2D eigenvalue weighted by atomic mass is 10.0. The Balaban J connectivity index is 2.42. The molecule has 2 N–H and O–H groups in total. The first-order valence-corrected chi connectivity index (χ1v) is 6.69. The van der Waals surface area contributed by atoms with Gasteiger partial charge in [0.2, 0.25) is 11.8 Å². The van der Waals surface area contributed by atoms with Gasteiger partial charge in [0.25, 0.3) is 0 Å². The van der Waals surface area contributed by atoms with Crippen LogP contribution in [0.1, 0.15) is 45.1 Å². The number of carbonyl (C=O) groups excluding carboxylic acids is 2. The van der Waals surface area contributed by atoms with Crippen molar-refractivity contribution in [2.45, 2.75) is 39.5 Å². The van der Waals surface area contributed by atoms with Crippen LogP contribution in [0, 0.1) is 0 Å². The van der Waals surface area contributed by atoms with E-state index in [2.05, 4.69) is 24.5 Å². The van der Waals surface area contributed by atoms with E-state index in [1.807, 2.05) is 31.2 Å². The molecule has 0 bridgehead atoms. The summed E-state index contributed by atoms with van der Waals surface area (Å²) in [4.78, 5) is 22.8. The van der Waals surface area contributed by atoms with Gasteiger partial charge in [-0.25, -0.2) is 0 Å². The molecule has 0 aliphatic rings. The molecular formula is C15H22N2O2. The van der Waals surface area contributed by atoms with Crippen LogP contribution in [0.25, 0.3) is 0 Å². The average molecular weight is 262 g/mol. The number of anilines is 1. The standard InChI is InChI=1S/C15H22N2O2/c1-4-5-14(18)16-10-15(19)17-13-8-6-12(7-9-13)11(2)3/h6-9,11H,4-5,10H2,1-3H3,(H,16,18)(H,17,19). The molecule has 0 aromatic heterocycles. The molecule has 1 aromatic rings. The highest BCUT2D eigenvalue weighted by atomic mass is 16.2. The first-order chi connectivity index (χ1) is 9.02. The molecule has 0 saturated carbocycles. The maximum absolute atomic E-state index is 11.6. The van der Waals surface area contributed by atoms with Crippen molar-refractivity contribution in [3.63, 3.8) is 0 Å². The van der Waals surface area contributed by atoms with Crippen LogP contribution >= 0.6 is 0 Å². The van der Waals surface area contributed by atoms with E-state index in [0.717, 1.165) is 12.1 Å². The van der Waals surface area contributed by atoms with Crippen molar-refractivity contribution in [2.24, 2.45) is 0 Å². The zero-order valence-corrected chi connectivity index (χ0v) is 11.8. The van der Waals surface area contributed by atoms with Crippen molar-refractivity contribution in [2.75, 3.05) is 11.9 Å². The highest BCUT2D eigenvalue weighted by molar-refractivity contribution is 5.94. The van der Waals surface area contributed by atoms with Crippen molar-refractivity contribution < 1.29 is 9.59 Å². The molecule has 0 atom stereocenters. The fraction of sp³-hybridized carbons (Fsp3) is 0.467. The third-order valence-corrected chi connectivity index (χ3v) is 2.78. The molecule has 0 radical (unpaired) electrons. The predicted molar refractivity (Wildman–Crippen MR) is 77.1 cm³/mol. The van der Waals surface area contributed by atoms with Gasteiger partial charge in [0.15, 0.2) is 0 Å². The predicted octanol–water partition coefficient (Wildman–Crippen LogP) is 2.66. The number of rotatable bonds is 6. The Morgan fingerprint density at radius 1 is 1.11 bits per heavy atom. The van der Waals surface area contributed by atoms with Gasteiger partial charge >= 0.3 is 0 Å². The molecule has 4 heteroatoms. The minimum absolute atomic E-state index is 0.0186. The lowest BCUT2D eigenvalue weighted by Gasteiger charge is -2.09. The normalized spacial score (nSPS) is 10.3. The smallest absolute Gasteiger partial charge is 0.243 e. The van der Waals surface area contributed by atoms with Gasteiger partial charge in [0.05, 0.1) is 6.54 Å². The first-order valence-electron chi connectivity index (χ1n) is 6.69. The van der Waals surface area contributed by atoms with Gasteiger partial charge in [-0.05, 0) is 30.0 Å². The molecule has 0 fully saturated rings. The third-order valence-electron chi connectivity index (χ3n) is 2.78. The first kappa shape index (κ1) is 15.2. The van der Waals surface area contributed by atoms with E-state index in [9.17, 15) is 9.59 Å². The fourth-order valence-electron chi connectivity index (χ4n) is 1.65. The number of amides is 2. The van der Waals surface area contributed by atoms with Gasteiger partial charge in [0, 0.05) is 12.1 Å². The van der Waals surface area contributed by atoms with Crippen molar-refractivity contribution in [1.29, 1.82) is 0 Å². The summed E-state index contributed by atoms with van der Waals surface area (Å²) in [7, 11) is 0. The van der Waals surface area contributed by atoms with E-state index in [0.29, 0.717) is 12.3 Å². The quantitative estimate of drug-likeness (QED) is 0.828. The van der Waals surface area contributed by atoms with Crippen LogP contribution in [0.15, 0.2) is 24.3 Å². The maximum atomic E-state index is 11.6. The summed E-state index contributed by atoms with van der Waals surface area (Å²) in [5.74, 6) is 0.174. The van der Waals surface area contributed by atoms with Crippen LogP contribution in [0.2, 0.25) is 0 Å². The van der Waals surface area contributed by atoms with Crippen LogP contribution in [0.5, 0.6) is 0 Å². The van der Waals surface area contributed by atoms with Gasteiger partial charge in [0.1, 0.15) is 0 Å². The number of nitrogens with one attached hydrogen (secondary N) is 2. The number of benzene rings is 1.